The van der Waals surface area contributed by atoms with Gasteiger partial charge in [0, 0.05) is 17.8 Å². The molecule has 0 aromatic heterocycles. The normalized spacial score (nSPS) is 22.6. The van der Waals surface area contributed by atoms with Crippen LogP contribution in [0, 0.1) is 5.92 Å². The van der Waals surface area contributed by atoms with Gasteiger partial charge in [-0.15, -0.1) is 0 Å². The van der Waals surface area contributed by atoms with Gasteiger partial charge in [0.25, 0.3) is 0 Å². The summed E-state index contributed by atoms with van der Waals surface area (Å²) < 4.78 is 5.67. The van der Waals surface area contributed by atoms with Crippen LogP contribution in [-0.2, 0) is 4.79 Å². The molecule has 1 aliphatic carbocycles. The molecule has 1 fully saturated rings. The van der Waals surface area contributed by atoms with Gasteiger partial charge in [0.15, 0.2) is 0 Å². The fraction of sp³-hybridized carbons (Fsp3) is 0.562. The van der Waals surface area contributed by atoms with Gasteiger partial charge in [-0.05, 0) is 51.7 Å². The third-order valence-corrected chi connectivity index (χ3v) is 3.65. The maximum absolute atomic E-state index is 10.9. The minimum absolute atomic E-state index is 0.163. The first kappa shape index (κ1) is 14.7. The number of carbonyl (C=O) groups is 1. The molecule has 1 aromatic rings. The minimum atomic E-state index is -0.657. The van der Waals surface area contributed by atoms with Crippen molar-refractivity contribution >= 4 is 11.7 Å². The molecule has 1 aliphatic rings. The average molecular weight is 277 g/mol. The van der Waals surface area contributed by atoms with Gasteiger partial charge >= 0.3 is 5.97 Å². The molecule has 4 heteroatoms. The minimum Gasteiger partial charge on any atom is -0.491 e. The van der Waals surface area contributed by atoms with Crippen molar-refractivity contribution in [2.45, 2.75) is 51.7 Å². The van der Waals surface area contributed by atoms with E-state index in [0.717, 1.165) is 37.1 Å². The van der Waals surface area contributed by atoms with Crippen LogP contribution in [0.1, 0.15) is 39.5 Å². The van der Waals surface area contributed by atoms with E-state index in [2.05, 4.69) is 5.32 Å². The third kappa shape index (κ3) is 4.15. The van der Waals surface area contributed by atoms with E-state index in [-0.39, 0.29) is 12.0 Å². The second-order valence-electron chi connectivity index (χ2n) is 5.73. The number of benzene rings is 1. The van der Waals surface area contributed by atoms with Crippen LogP contribution in [0.25, 0.3) is 0 Å². The lowest BCUT2D eigenvalue weighted by Crippen LogP contribution is -2.29. The zero-order valence-electron chi connectivity index (χ0n) is 12.1. The molecule has 2 rings (SSSR count). The Kier molecular flexibility index (Phi) is 4.88. The van der Waals surface area contributed by atoms with Gasteiger partial charge in [-0.25, -0.2) is 0 Å². The first-order valence-corrected chi connectivity index (χ1v) is 7.30. The van der Waals surface area contributed by atoms with E-state index in [1.807, 2.05) is 38.1 Å². The van der Waals surface area contributed by atoms with E-state index in [4.69, 9.17) is 9.84 Å². The number of carboxylic acids is 1. The van der Waals surface area contributed by atoms with Crippen LogP contribution in [0.15, 0.2) is 24.3 Å². The van der Waals surface area contributed by atoms with Crippen molar-refractivity contribution in [3.05, 3.63) is 24.3 Å². The molecule has 1 saturated carbocycles. The van der Waals surface area contributed by atoms with Crippen molar-refractivity contribution in [3.8, 4) is 5.75 Å². The number of rotatable bonds is 5. The van der Waals surface area contributed by atoms with E-state index in [1.54, 1.807) is 0 Å². The van der Waals surface area contributed by atoms with Crippen LogP contribution in [0.4, 0.5) is 5.69 Å². The molecular formula is C16H23NO3. The second kappa shape index (κ2) is 6.64. The number of anilines is 1. The monoisotopic (exact) mass is 277 g/mol. The highest BCUT2D eigenvalue weighted by Gasteiger charge is 2.25. The van der Waals surface area contributed by atoms with E-state index >= 15 is 0 Å². The highest BCUT2D eigenvalue weighted by atomic mass is 16.5. The summed E-state index contributed by atoms with van der Waals surface area (Å²) in [6, 6.07) is 8.31. The van der Waals surface area contributed by atoms with Crippen molar-refractivity contribution in [1.82, 2.24) is 0 Å². The molecule has 0 saturated heterocycles. The summed E-state index contributed by atoms with van der Waals surface area (Å²) in [7, 11) is 0. The molecule has 4 nitrogen and oxygen atoms in total. The molecule has 0 aliphatic heterocycles. The Hall–Kier alpha value is -1.71. The van der Waals surface area contributed by atoms with Gasteiger partial charge in [-0.3, -0.25) is 4.79 Å². The molecular weight excluding hydrogens is 254 g/mol. The van der Waals surface area contributed by atoms with Gasteiger partial charge in [0.2, 0.25) is 0 Å². The summed E-state index contributed by atoms with van der Waals surface area (Å²) in [5.74, 6) is 0.0451. The molecule has 0 spiro atoms. The Morgan fingerprint density at radius 1 is 1.30 bits per heavy atom. The Bertz CT molecular complexity index is 451. The summed E-state index contributed by atoms with van der Waals surface area (Å²) in [4.78, 5) is 10.9. The van der Waals surface area contributed by atoms with Gasteiger partial charge in [-0.1, -0.05) is 6.07 Å². The van der Waals surface area contributed by atoms with Gasteiger partial charge < -0.3 is 15.2 Å². The van der Waals surface area contributed by atoms with E-state index < -0.39 is 5.97 Å². The van der Waals surface area contributed by atoms with Crippen LogP contribution >= 0.6 is 0 Å². The largest absolute Gasteiger partial charge is 0.491 e. The quantitative estimate of drug-likeness (QED) is 0.864. The molecule has 0 atom stereocenters. The number of carboxylic acid groups (broad SMARTS) is 1. The van der Waals surface area contributed by atoms with Crippen LogP contribution in [0.3, 0.4) is 0 Å². The van der Waals surface area contributed by atoms with Crippen molar-refractivity contribution < 1.29 is 14.6 Å². The topological polar surface area (TPSA) is 58.6 Å². The smallest absolute Gasteiger partial charge is 0.306 e. The Morgan fingerprint density at radius 3 is 2.60 bits per heavy atom. The molecule has 0 amide bonds. The maximum Gasteiger partial charge on any atom is 0.306 e. The van der Waals surface area contributed by atoms with Crippen molar-refractivity contribution in [2.75, 3.05) is 5.32 Å². The predicted octanol–water partition coefficient (Wildman–Crippen LogP) is 3.53. The average Bonchev–Trinajstić information content (AvgIpc) is 2.39. The Morgan fingerprint density at radius 2 is 2.00 bits per heavy atom. The molecule has 0 heterocycles. The SMILES string of the molecule is CC(C)Oc1cccc(NC2CCC(C(=O)O)CC2)c1. The van der Waals surface area contributed by atoms with Gasteiger partial charge in [0.1, 0.15) is 5.75 Å². The maximum atomic E-state index is 10.9. The second-order valence-corrected chi connectivity index (χ2v) is 5.73. The first-order chi connectivity index (χ1) is 9.54. The number of aliphatic carboxylic acids is 1. The zero-order chi connectivity index (χ0) is 14.5. The molecule has 2 N–H and O–H groups in total. The first-order valence-electron chi connectivity index (χ1n) is 7.30. The van der Waals surface area contributed by atoms with Crippen LogP contribution in [-0.4, -0.2) is 23.2 Å². The third-order valence-electron chi connectivity index (χ3n) is 3.65. The van der Waals surface area contributed by atoms with E-state index in [0.29, 0.717) is 6.04 Å². The standard InChI is InChI=1S/C16H23NO3/c1-11(2)20-15-5-3-4-14(10-15)17-13-8-6-12(7-9-13)16(18)19/h3-5,10-13,17H,6-9H2,1-2H3,(H,18,19). The summed E-state index contributed by atoms with van der Waals surface area (Å²) in [5.41, 5.74) is 1.04. The summed E-state index contributed by atoms with van der Waals surface area (Å²) in [6.45, 7) is 4.01. The highest BCUT2D eigenvalue weighted by Crippen LogP contribution is 2.28. The van der Waals surface area contributed by atoms with Crippen LogP contribution in [0.5, 0.6) is 5.75 Å². The molecule has 0 bridgehead atoms. The molecule has 110 valence electrons. The number of hydrogen-bond donors (Lipinski definition) is 2. The number of ether oxygens (including phenoxy) is 1. The van der Waals surface area contributed by atoms with Crippen molar-refractivity contribution in [1.29, 1.82) is 0 Å². The summed E-state index contributed by atoms with van der Waals surface area (Å²) in [5, 5.41) is 12.5. The fourth-order valence-electron chi connectivity index (χ4n) is 2.65. The molecule has 0 radical (unpaired) electrons. The van der Waals surface area contributed by atoms with Crippen molar-refractivity contribution in [2.24, 2.45) is 5.92 Å². The lowest BCUT2D eigenvalue weighted by atomic mass is 9.86. The highest BCUT2D eigenvalue weighted by molar-refractivity contribution is 5.70. The van der Waals surface area contributed by atoms with E-state index in [9.17, 15) is 4.79 Å². The lowest BCUT2D eigenvalue weighted by Gasteiger charge is -2.27. The zero-order valence-corrected chi connectivity index (χ0v) is 12.1. The van der Waals surface area contributed by atoms with Gasteiger partial charge in [-0.2, -0.15) is 0 Å². The fourth-order valence-corrected chi connectivity index (χ4v) is 2.65. The molecule has 20 heavy (non-hydrogen) atoms. The number of hydrogen-bond acceptors (Lipinski definition) is 3. The van der Waals surface area contributed by atoms with Crippen molar-refractivity contribution in [3.63, 3.8) is 0 Å². The van der Waals surface area contributed by atoms with Crippen LogP contribution in [0.2, 0.25) is 0 Å². The lowest BCUT2D eigenvalue weighted by molar-refractivity contribution is -0.142. The Balaban J connectivity index is 1.89. The van der Waals surface area contributed by atoms with Gasteiger partial charge in [0.05, 0.1) is 12.0 Å². The predicted molar refractivity (Wildman–Crippen MR) is 79.2 cm³/mol. The number of nitrogens with one attached hydrogen (secondary N) is 1. The Labute approximate surface area is 120 Å². The molecule has 1 aromatic carbocycles. The summed E-state index contributed by atoms with van der Waals surface area (Å²) in [6.07, 6.45) is 3.50. The summed E-state index contributed by atoms with van der Waals surface area (Å²) >= 11 is 0. The van der Waals surface area contributed by atoms with Crippen LogP contribution < -0.4 is 10.1 Å². The van der Waals surface area contributed by atoms with E-state index in [1.165, 1.54) is 0 Å². The molecule has 0 unspecified atom stereocenters.